The van der Waals surface area contributed by atoms with Gasteiger partial charge in [-0.05, 0) is 36.2 Å². The number of nitro groups is 1. The normalized spacial score (nSPS) is 10.3. The first-order valence-electron chi connectivity index (χ1n) is 5.78. The quantitative estimate of drug-likeness (QED) is 0.471. The summed E-state index contributed by atoms with van der Waals surface area (Å²) in [4.78, 5) is 9.74. The Morgan fingerprint density at radius 3 is 2.45 bits per heavy atom. The molecule has 0 radical (unpaired) electrons. The zero-order valence-corrected chi connectivity index (χ0v) is 11.4. The van der Waals surface area contributed by atoms with Crippen LogP contribution in [0.2, 0.25) is 0 Å². The van der Waals surface area contributed by atoms with Crippen LogP contribution in [0, 0.1) is 22.9 Å². The van der Waals surface area contributed by atoms with E-state index >= 15 is 0 Å². The van der Waals surface area contributed by atoms with Crippen LogP contribution in [0.25, 0.3) is 0 Å². The highest BCUT2D eigenvalue weighted by molar-refractivity contribution is 6.17. The minimum absolute atomic E-state index is 0.200. The molecule has 0 N–H and O–H groups in total. The van der Waals surface area contributed by atoms with Crippen LogP contribution < -0.4 is 4.74 Å². The van der Waals surface area contributed by atoms with E-state index in [4.69, 9.17) is 16.3 Å². The highest BCUT2D eigenvalue weighted by atomic mass is 35.5. The van der Waals surface area contributed by atoms with Crippen molar-refractivity contribution < 1.29 is 14.1 Å². The van der Waals surface area contributed by atoms with Gasteiger partial charge in [-0.15, -0.1) is 11.6 Å². The predicted molar refractivity (Wildman–Crippen MR) is 73.9 cm³/mol. The van der Waals surface area contributed by atoms with Gasteiger partial charge in [0, 0.05) is 18.0 Å². The number of hydrogen-bond donors (Lipinski definition) is 0. The Bertz CT molecular complexity index is 661. The summed E-state index contributed by atoms with van der Waals surface area (Å²) >= 11 is 5.76. The molecule has 0 saturated carbocycles. The van der Waals surface area contributed by atoms with Crippen molar-refractivity contribution in [3.8, 4) is 11.5 Å². The van der Waals surface area contributed by atoms with E-state index in [1.165, 1.54) is 6.07 Å². The molecule has 0 heterocycles. The molecule has 0 atom stereocenters. The summed E-state index contributed by atoms with van der Waals surface area (Å²) in [6.45, 7) is 1.89. The predicted octanol–water partition coefficient (Wildman–Crippen LogP) is 4.57. The van der Waals surface area contributed by atoms with Crippen LogP contribution >= 0.6 is 11.6 Å². The van der Waals surface area contributed by atoms with Gasteiger partial charge in [-0.25, -0.2) is 0 Å². The maximum Gasteiger partial charge on any atom is 0.305 e. The van der Waals surface area contributed by atoms with Crippen molar-refractivity contribution in [2.75, 3.05) is 0 Å². The number of rotatable bonds is 4. The zero-order valence-electron chi connectivity index (χ0n) is 10.6. The minimum atomic E-state index is -0.929. The van der Waals surface area contributed by atoms with Crippen LogP contribution in [0.1, 0.15) is 11.1 Å². The van der Waals surface area contributed by atoms with E-state index in [1.807, 2.05) is 13.0 Å². The van der Waals surface area contributed by atoms with Crippen molar-refractivity contribution in [3.05, 3.63) is 63.5 Å². The molecule has 20 heavy (non-hydrogen) atoms. The van der Waals surface area contributed by atoms with Crippen LogP contribution in [0.3, 0.4) is 0 Å². The van der Waals surface area contributed by atoms with Crippen molar-refractivity contribution in [3.63, 3.8) is 0 Å². The Kier molecular flexibility index (Phi) is 4.20. The summed E-state index contributed by atoms with van der Waals surface area (Å²) in [6, 6.07) is 8.72. The molecule has 0 spiro atoms. The lowest BCUT2D eigenvalue weighted by atomic mass is 10.1. The Morgan fingerprint density at radius 1 is 1.25 bits per heavy atom. The number of hydrogen-bond acceptors (Lipinski definition) is 3. The van der Waals surface area contributed by atoms with Crippen molar-refractivity contribution in [2.45, 2.75) is 12.8 Å². The maximum atomic E-state index is 13.5. The minimum Gasteiger partial charge on any atom is -0.457 e. The lowest BCUT2D eigenvalue weighted by molar-refractivity contribution is -0.387. The summed E-state index contributed by atoms with van der Waals surface area (Å²) < 4.78 is 18.9. The fourth-order valence-electron chi connectivity index (χ4n) is 1.72. The second-order valence-corrected chi connectivity index (χ2v) is 4.46. The number of ether oxygens (including phenoxy) is 1. The van der Waals surface area contributed by atoms with Gasteiger partial charge in [-0.2, -0.15) is 4.39 Å². The second-order valence-electron chi connectivity index (χ2n) is 4.19. The van der Waals surface area contributed by atoms with E-state index in [9.17, 15) is 14.5 Å². The monoisotopic (exact) mass is 295 g/mol. The molecule has 6 heteroatoms. The number of nitrogens with zero attached hydrogens (tertiary/aromatic N) is 1. The van der Waals surface area contributed by atoms with E-state index in [0.717, 1.165) is 23.3 Å². The van der Waals surface area contributed by atoms with Crippen LogP contribution in [-0.4, -0.2) is 4.92 Å². The number of alkyl halides is 1. The van der Waals surface area contributed by atoms with Gasteiger partial charge in [0.25, 0.3) is 0 Å². The molecule has 0 saturated heterocycles. The van der Waals surface area contributed by atoms with E-state index in [2.05, 4.69) is 0 Å². The van der Waals surface area contributed by atoms with Crippen molar-refractivity contribution >= 4 is 17.3 Å². The van der Waals surface area contributed by atoms with Gasteiger partial charge < -0.3 is 4.74 Å². The molecule has 0 aromatic heterocycles. The molecule has 0 bridgehead atoms. The van der Waals surface area contributed by atoms with Crippen LogP contribution in [0.4, 0.5) is 10.1 Å². The average Bonchev–Trinajstić information content (AvgIpc) is 2.38. The summed E-state index contributed by atoms with van der Waals surface area (Å²) in [5.74, 6) is 0.190. The van der Waals surface area contributed by atoms with Crippen LogP contribution in [0.5, 0.6) is 11.5 Å². The molecular weight excluding hydrogens is 285 g/mol. The Hall–Kier alpha value is -2.14. The third kappa shape index (κ3) is 3.05. The fourth-order valence-corrected chi connectivity index (χ4v) is 2.02. The van der Waals surface area contributed by atoms with Crippen LogP contribution in [0.15, 0.2) is 36.4 Å². The highest BCUT2D eigenvalue weighted by Crippen LogP contribution is 2.28. The summed E-state index contributed by atoms with van der Waals surface area (Å²) in [5.41, 5.74) is 1.36. The average molecular weight is 296 g/mol. The lowest BCUT2D eigenvalue weighted by Gasteiger charge is -2.08. The third-order valence-electron chi connectivity index (χ3n) is 2.81. The van der Waals surface area contributed by atoms with E-state index in [1.54, 1.807) is 12.1 Å². The number of halogens is 2. The van der Waals surface area contributed by atoms with E-state index in [0.29, 0.717) is 11.6 Å². The molecular formula is C14H11ClFNO3. The maximum absolute atomic E-state index is 13.5. The summed E-state index contributed by atoms with van der Waals surface area (Å²) in [7, 11) is 0. The largest absolute Gasteiger partial charge is 0.457 e. The first-order chi connectivity index (χ1) is 9.51. The van der Waals surface area contributed by atoms with Gasteiger partial charge in [-0.3, -0.25) is 10.1 Å². The summed E-state index contributed by atoms with van der Waals surface area (Å²) in [6.07, 6.45) is 0. The SMILES string of the molecule is Cc1cc(Oc2ccc([N+](=O)[O-])c(F)c2)ccc1CCl. The first-order valence-corrected chi connectivity index (χ1v) is 6.32. The van der Waals surface area contributed by atoms with Gasteiger partial charge in [0.05, 0.1) is 4.92 Å². The third-order valence-corrected chi connectivity index (χ3v) is 3.10. The Balaban J connectivity index is 2.24. The molecule has 0 aliphatic rings. The van der Waals surface area contributed by atoms with Crippen LogP contribution in [-0.2, 0) is 5.88 Å². The molecule has 0 fully saturated rings. The second kappa shape index (κ2) is 5.88. The molecule has 0 unspecified atom stereocenters. The van der Waals surface area contributed by atoms with Gasteiger partial charge >= 0.3 is 5.69 Å². The van der Waals surface area contributed by atoms with Gasteiger partial charge in [-0.1, -0.05) is 6.07 Å². The first kappa shape index (κ1) is 14.3. The Morgan fingerprint density at radius 2 is 1.90 bits per heavy atom. The van der Waals surface area contributed by atoms with Gasteiger partial charge in [0.15, 0.2) is 0 Å². The van der Waals surface area contributed by atoms with Crippen molar-refractivity contribution in [1.29, 1.82) is 0 Å². The van der Waals surface area contributed by atoms with E-state index < -0.39 is 16.4 Å². The molecule has 0 aliphatic carbocycles. The smallest absolute Gasteiger partial charge is 0.305 e. The van der Waals surface area contributed by atoms with Gasteiger partial charge in [0.2, 0.25) is 5.82 Å². The molecule has 2 aromatic rings. The Labute approximate surface area is 119 Å². The molecule has 4 nitrogen and oxygen atoms in total. The lowest BCUT2D eigenvalue weighted by Crippen LogP contribution is -1.93. The topological polar surface area (TPSA) is 52.4 Å². The van der Waals surface area contributed by atoms with Crippen molar-refractivity contribution in [2.24, 2.45) is 0 Å². The highest BCUT2D eigenvalue weighted by Gasteiger charge is 2.14. The standard InChI is InChI=1S/C14H11ClFNO3/c1-9-6-11(3-2-10(9)8-15)20-12-4-5-14(17(18)19)13(16)7-12/h2-7H,8H2,1H3. The number of nitro benzene ring substituents is 1. The summed E-state index contributed by atoms with van der Waals surface area (Å²) in [5, 5.41) is 10.5. The molecule has 2 aromatic carbocycles. The fraction of sp³-hybridized carbons (Fsp3) is 0.143. The molecule has 0 aliphatic heterocycles. The molecule has 0 amide bonds. The number of aryl methyl sites for hydroxylation is 1. The van der Waals surface area contributed by atoms with E-state index in [-0.39, 0.29) is 5.75 Å². The zero-order chi connectivity index (χ0) is 14.7. The molecule has 2 rings (SSSR count). The van der Waals surface area contributed by atoms with Gasteiger partial charge in [0.1, 0.15) is 11.5 Å². The molecule has 104 valence electrons. The number of benzene rings is 2. The van der Waals surface area contributed by atoms with Crippen molar-refractivity contribution in [1.82, 2.24) is 0 Å².